The average molecular weight is 452 g/mol. The molecule has 3 atom stereocenters. The number of ether oxygens (including phenoxy) is 2. The second kappa shape index (κ2) is 7.49. The molecule has 9 heteroatoms. The molecule has 0 unspecified atom stereocenters. The first-order chi connectivity index (χ1) is 15.7. The summed E-state index contributed by atoms with van der Waals surface area (Å²) in [5, 5.41) is 60.5. The Bertz CT molecular complexity index is 1280. The number of aromatic hydroxyl groups is 5. The summed E-state index contributed by atoms with van der Waals surface area (Å²) in [6.07, 6.45) is -2.04. The normalized spacial score (nSPS) is 21.5. The van der Waals surface area contributed by atoms with Crippen LogP contribution in [0.5, 0.6) is 40.2 Å². The van der Waals surface area contributed by atoms with Crippen molar-refractivity contribution in [3.05, 3.63) is 64.7 Å². The molecule has 5 rings (SSSR count). The lowest BCUT2D eigenvalue weighted by Gasteiger charge is -2.35. The number of benzene rings is 3. The van der Waals surface area contributed by atoms with Crippen LogP contribution in [0, 0.1) is 0 Å². The van der Waals surface area contributed by atoms with Crippen molar-refractivity contribution >= 4 is 5.97 Å². The van der Waals surface area contributed by atoms with Gasteiger partial charge in [-0.05, 0) is 35.4 Å². The molecular formula is C24H20O9. The maximum atomic E-state index is 12.4. The number of carbonyl (C=O) groups excluding carboxylic acids is 1. The summed E-state index contributed by atoms with van der Waals surface area (Å²) in [4.78, 5) is 12.4. The van der Waals surface area contributed by atoms with Gasteiger partial charge in [0.05, 0.1) is 12.5 Å². The van der Waals surface area contributed by atoms with Gasteiger partial charge in [-0.25, -0.2) is 0 Å². The Kier molecular flexibility index (Phi) is 4.71. The van der Waals surface area contributed by atoms with Crippen molar-refractivity contribution in [1.82, 2.24) is 0 Å². The number of esters is 1. The molecule has 9 nitrogen and oxygen atoms in total. The Morgan fingerprint density at radius 1 is 0.758 bits per heavy atom. The summed E-state index contributed by atoms with van der Waals surface area (Å²) in [5.41, 5.74) is 1.62. The van der Waals surface area contributed by atoms with Crippen LogP contribution in [-0.2, 0) is 11.2 Å². The number of phenolic OH excluding ortho intramolecular Hbond substituents is 5. The highest BCUT2D eigenvalue weighted by molar-refractivity contribution is 5.80. The Hall–Kier alpha value is -4.11. The number of fused-ring (bicyclic) bond motifs is 3. The molecule has 3 aromatic carbocycles. The van der Waals surface area contributed by atoms with Crippen molar-refractivity contribution in [3.8, 4) is 40.2 Å². The van der Waals surface area contributed by atoms with Gasteiger partial charge in [0.15, 0.2) is 23.0 Å². The number of aliphatic hydroxyl groups is 1. The van der Waals surface area contributed by atoms with Crippen LogP contribution >= 0.6 is 0 Å². The SMILES string of the molecule is O=C1C[C@H](c2ccc(O)c(O)c2)c2c(O)cc3c(c2O1)C[C@H](O)[C@@H](c1ccc(O)c(O)c1)O3. The zero-order valence-corrected chi connectivity index (χ0v) is 17.1. The van der Waals surface area contributed by atoms with E-state index in [-0.39, 0.29) is 53.1 Å². The van der Waals surface area contributed by atoms with Gasteiger partial charge >= 0.3 is 5.97 Å². The molecule has 0 fully saturated rings. The monoisotopic (exact) mass is 452 g/mol. The number of rotatable bonds is 2. The van der Waals surface area contributed by atoms with E-state index in [9.17, 15) is 35.4 Å². The van der Waals surface area contributed by atoms with E-state index in [1.165, 1.54) is 36.4 Å². The van der Waals surface area contributed by atoms with E-state index >= 15 is 0 Å². The molecule has 0 aliphatic carbocycles. The second-order valence-corrected chi connectivity index (χ2v) is 8.15. The van der Waals surface area contributed by atoms with Crippen LogP contribution in [0.25, 0.3) is 0 Å². The molecule has 2 aliphatic heterocycles. The predicted octanol–water partition coefficient (Wildman–Crippen LogP) is 2.69. The first-order valence-electron chi connectivity index (χ1n) is 10.2. The maximum Gasteiger partial charge on any atom is 0.312 e. The van der Waals surface area contributed by atoms with Gasteiger partial charge in [0, 0.05) is 29.5 Å². The van der Waals surface area contributed by atoms with Gasteiger partial charge in [-0.1, -0.05) is 12.1 Å². The van der Waals surface area contributed by atoms with Gasteiger partial charge in [0.2, 0.25) is 0 Å². The van der Waals surface area contributed by atoms with Crippen molar-refractivity contribution in [1.29, 1.82) is 0 Å². The van der Waals surface area contributed by atoms with E-state index in [2.05, 4.69) is 0 Å². The average Bonchev–Trinajstić information content (AvgIpc) is 2.77. The Morgan fingerprint density at radius 3 is 2.06 bits per heavy atom. The molecule has 0 saturated heterocycles. The van der Waals surface area contributed by atoms with Gasteiger partial charge in [-0.2, -0.15) is 0 Å². The smallest absolute Gasteiger partial charge is 0.312 e. The minimum absolute atomic E-state index is 0.0328. The molecule has 170 valence electrons. The van der Waals surface area contributed by atoms with Crippen molar-refractivity contribution < 1.29 is 44.9 Å². The fourth-order valence-electron chi connectivity index (χ4n) is 4.44. The predicted molar refractivity (Wildman–Crippen MR) is 113 cm³/mol. The van der Waals surface area contributed by atoms with Gasteiger partial charge in [-0.3, -0.25) is 4.79 Å². The number of aliphatic hydroxyl groups excluding tert-OH is 1. The zero-order valence-electron chi connectivity index (χ0n) is 17.1. The number of hydrogen-bond acceptors (Lipinski definition) is 9. The molecule has 2 heterocycles. The minimum Gasteiger partial charge on any atom is -0.507 e. The van der Waals surface area contributed by atoms with Crippen LogP contribution in [0.4, 0.5) is 0 Å². The molecule has 6 N–H and O–H groups in total. The summed E-state index contributed by atoms with van der Waals surface area (Å²) < 4.78 is 11.4. The van der Waals surface area contributed by atoms with Gasteiger partial charge in [0.25, 0.3) is 0 Å². The minimum atomic E-state index is -1.08. The van der Waals surface area contributed by atoms with Crippen molar-refractivity contribution in [2.45, 2.75) is 31.0 Å². The Balaban J connectivity index is 1.59. The first kappa shape index (κ1) is 20.8. The second-order valence-electron chi connectivity index (χ2n) is 8.15. The molecule has 0 spiro atoms. The van der Waals surface area contributed by atoms with Crippen LogP contribution in [0.2, 0.25) is 0 Å². The standard InChI is InChI=1S/C24H20O9/c25-14-3-1-10(5-16(14)27)12-8-21(31)33-24-13-7-19(30)23(11-2-4-15(26)17(28)6-11)32-20(13)9-18(29)22(12)24/h1-6,9,12,19,23,25-30H,7-8H2/t12-,19+,23-/m1/s1. The van der Waals surface area contributed by atoms with E-state index in [0.29, 0.717) is 22.3 Å². The Morgan fingerprint density at radius 2 is 1.39 bits per heavy atom. The lowest BCUT2D eigenvalue weighted by atomic mass is 9.82. The maximum absolute atomic E-state index is 12.4. The highest BCUT2D eigenvalue weighted by Gasteiger charge is 2.39. The molecule has 0 radical (unpaired) electrons. The lowest BCUT2D eigenvalue weighted by Crippen LogP contribution is -2.32. The number of phenols is 5. The summed E-state index contributed by atoms with van der Waals surface area (Å²) in [5.74, 6) is -2.46. The van der Waals surface area contributed by atoms with Crippen LogP contribution < -0.4 is 9.47 Å². The van der Waals surface area contributed by atoms with Crippen LogP contribution in [0.1, 0.15) is 40.7 Å². The Labute approximate surface area is 187 Å². The fourth-order valence-corrected chi connectivity index (χ4v) is 4.44. The molecule has 0 aromatic heterocycles. The van der Waals surface area contributed by atoms with Crippen LogP contribution in [-0.4, -0.2) is 42.7 Å². The summed E-state index contributed by atoms with van der Waals surface area (Å²) in [6, 6.07) is 9.59. The quantitative estimate of drug-likeness (QED) is 0.195. The third-order valence-electron chi connectivity index (χ3n) is 6.04. The molecule has 0 amide bonds. The van der Waals surface area contributed by atoms with Gasteiger partial charge < -0.3 is 40.1 Å². The van der Waals surface area contributed by atoms with Crippen molar-refractivity contribution in [2.24, 2.45) is 0 Å². The summed E-state index contributed by atoms with van der Waals surface area (Å²) >= 11 is 0. The third kappa shape index (κ3) is 3.42. The van der Waals surface area contributed by atoms with E-state index < -0.39 is 24.1 Å². The fraction of sp³-hybridized carbons (Fsp3) is 0.208. The lowest BCUT2D eigenvalue weighted by molar-refractivity contribution is -0.135. The third-order valence-corrected chi connectivity index (χ3v) is 6.04. The molecule has 0 bridgehead atoms. The number of hydrogen-bond donors (Lipinski definition) is 6. The van der Waals surface area contributed by atoms with E-state index in [1.807, 2.05) is 0 Å². The van der Waals surface area contributed by atoms with E-state index in [4.69, 9.17) is 9.47 Å². The van der Waals surface area contributed by atoms with E-state index in [0.717, 1.165) is 0 Å². The molecule has 3 aromatic rings. The number of carbonyl (C=O) groups is 1. The molecule has 2 aliphatic rings. The summed E-state index contributed by atoms with van der Waals surface area (Å²) in [7, 11) is 0. The largest absolute Gasteiger partial charge is 0.507 e. The first-order valence-corrected chi connectivity index (χ1v) is 10.2. The van der Waals surface area contributed by atoms with Crippen molar-refractivity contribution in [2.75, 3.05) is 0 Å². The summed E-state index contributed by atoms with van der Waals surface area (Å²) in [6.45, 7) is 0. The molecular weight excluding hydrogens is 432 g/mol. The topological polar surface area (TPSA) is 157 Å². The van der Waals surface area contributed by atoms with Crippen molar-refractivity contribution in [3.63, 3.8) is 0 Å². The van der Waals surface area contributed by atoms with E-state index in [1.54, 1.807) is 6.07 Å². The molecule has 33 heavy (non-hydrogen) atoms. The van der Waals surface area contributed by atoms with Gasteiger partial charge in [0.1, 0.15) is 23.4 Å². The van der Waals surface area contributed by atoms with Gasteiger partial charge in [-0.15, -0.1) is 0 Å². The molecule has 0 saturated carbocycles. The van der Waals surface area contributed by atoms with Crippen LogP contribution in [0.15, 0.2) is 42.5 Å². The highest BCUT2D eigenvalue weighted by Crippen LogP contribution is 2.52. The van der Waals surface area contributed by atoms with Crippen LogP contribution in [0.3, 0.4) is 0 Å². The zero-order chi connectivity index (χ0) is 23.4. The highest BCUT2D eigenvalue weighted by atomic mass is 16.5.